The van der Waals surface area contributed by atoms with Crippen molar-refractivity contribution in [2.45, 2.75) is 46.3 Å². The second-order valence-corrected chi connectivity index (χ2v) is 8.42. The quantitative estimate of drug-likeness (QED) is 0.611. The minimum absolute atomic E-state index is 0.341. The van der Waals surface area contributed by atoms with Crippen LogP contribution in [0.2, 0.25) is 0 Å². The van der Waals surface area contributed by atoms with Gasteiger partial charge in [-0.05, 0) is 44.5 Å². The van der Waals surface area contributed by atoms with Crippen LogP contribution in [0.25, 0.3) is 10.9 Å². The number of nitrogens with zero attached hydrogens (tertiary/aromatic N) is 2. The Bertz CT molecular complexity index is 1190. The number of amides is 1. The van der Waals surface area contributed by atoms with Crippen LogP contribution in [0.1, 0.15) is 46.6 Å². The molecule has 1 aliphatic rings. The van der Waals surface area contributed by atoms with Gasteiger partial charge in [-0.25, -0.2) is 4.79 Å². The molecule has 0 spiro atoms. The summed E-state index contributed by atoms with van der Waals surface area (Å²) < 4.78 is 5.70. The van der Waals surface area contributed by atoms with Crippen molar-refractivity contribution in [2.75, 3.05) is 18.9 Å². The van der Waals surface area contributed by atoms with E-state index in [1.807, 2.05) is 63.4 Å². The van der Waals surface area contributed by atoms with Crippen LogP contribution in [-0.4, -0.2) is 41.5 Å². The molecule has 0 fully saturated rings. The van der Waals surface area contributed by atoms with E-state index in [9.17, 15) is 9.59 Å². The van der Waals surface area contributed by atoms with Crippen molar-refractivity contribution in [3.05, 3.63) is 70.4 Å². The molecule has 6 nitrogen and oxygen atoms in total. The van der Waals surface area contributed by atoms with Crippen LogP contribution in [-0.2, 0) is 28.9 Å². The van der Waals surface area contributed by atoms with Gasteiger partial charge >= 0.3 is 5.97 Å². The Kier molecular flexibility index (Phi) is 6.24. The lowest BCUT2D eigenvalue weighted by atomic mass is 9.96. The van der Waals surface area contributed by atoms with Crippen LogP contribution < -0.4 is 5.32 Å². The maximum atomic E-state index is 13.3. The summed E-state index contributed by atoms with van der Waals surface area (Å²) in [5, 5.41) is 3.71. The number of aryl methyl sites for hydroxylation is 2. The summed E-state index contributed by atoms with van der Waals surface area (Å²) in [4.78, 5) is 33.2. The van der Waals surface area contributed by atoms with Crippen molar-refractivity contribution >= 4 is 28.5 Å². The van der Waals surface area contributed by atoms with Crippen molar-refractivity contribution in [1.82, 2.24) is 9.88 Å². The Balaban J connectivity index is 1.62. The van der Waals surface area contributed by atoms with Gasteiger partial charge in [0.05, 0.1) is 11.1 Å². The van der Waals surface area contributed by atoms with Gasteiger partial charge in [0.15, 0.2) is 6.10 Å². The first-order valence-electron chi connectivity index (χ1n) is 11.1. The predicted molar refractivity (Wildman–Crippen MR) is 126 cm³/mol. The lowest BCUT2D eigenvalue weighted by Gasteiger charge is -2.27. The number of benzene rings is 2. The summed E-state index contributed by atoms with van der Waals surface area (Å²) in [5.74, 6) is -0.829. The number of carbonyl (C=O) groups excluding carboxylic acids is 2. The fourth-order valence-electron chi connectivity index (χ4n) is 4.26. The molecule has 3 aromatic rings. The van der Waals surface area contributed by atoms with E-state index in [-0.39, 0.29) is 5.91 Å². The van der Waals surface area contributed by atoms with E-state index in [4.69, 9.17) is 9.72 Å². The highest BCUT2D eigenvalue weighted by molar-refractivity contribution is 6.06. The number of rotatable bonds is 5. The third kappa shape index (κ3) is 4.23. The topological polar surface area (TPSA) is 71.5 Å². The van der Waals surface area contributed by atoms with Crippen LogP contribution >= 0.6 is 0 Å². The Labute approximate surface area is 188 Å². The van der Waals surface area contributed by atoms with Crippen molar-refractivity contribution in [1.29, 1.82) is 0 Å². The van der Waals surface area contributed by atoms with Gasteiger partial charge in [-0.3, -0.25) is 9.78 Å². The monoisotopic (exact) mass is 431 g/mol. The molecule has 0 aliphatic carbocycles. The van der Waals surface area contributed by atoms with Gasteiger partial charge in [-0.1, -0.05) is 43.3 Å². The fourth-order valence-corrected chi connectivity index (χ4v) is 4.26. The van der Waals surface area contributed by atoms with Crippen LogP contribution in [0, 0.1) is 6.92 Å². The maximum absolute atomic E-state index is 13.3. The number of esters is 1. The molecule has 32 heavy (non-hydrogen) atoms. The SMILES string of the molecule is CCc1cccc(C)c1NC(=O)C(C)OC(=O)c1c2c(nc3ccccc13)CCN(C)C2. The largest absolute Gasteiger partial charge is 0.449 e. The zero-order valence-corrected chi connectivity index (χ0v) is 19.1. The molecule has 2 aromatic carbocycles. The first kappa shape index (κ1) is 22.0. The standard InChI is InChI=1S/C26H29N3O3/c1-5-18-10-8-9-16(2)24(18)28-25(30)17(3)32-26(31)23-19-11-6-7-12-21(19)27-22-13-14-29(4)15-20(22)23/h6-12,17H,5,13-15H2,1-4H3,(H,28,30). The maximum Gasteiger partial charge on any atom is 0.339 e. The highest BCUT2D eigenvalue weighted by Gasteiger charge is 2.28. The van der Waals surface area contributed by atoms with Crippen LogP contribution in [0.15, 0.2) is 42.5 Å². The van der Waals surface area contributed by atoms with E-state index >= 15 is 0 Å². The van der Waals surface area contributed by atoms with Gasteiger partial charge in [0, 0.05) is 41.8 Å². The molecule has 1 atom stereocenters. The van der Waals surface area contributed by atoms with E-state index in [2.05, 4.69) is 10.2 Å². The number of aromatic nitrogens is 1. The summed E-state index contributed by atoms with van der Waals surface area (Å²) in [6.45, 7) is 7.13. The zero-order chi connectivity index (χ0) is 22.8. The summed E-state index contributed by atoms with van der Waals surface area (Å²) in [7, 11) is 2.02. The Morgan fingerprint density at radius 1 is 1.19 bits per heavy atom. The van der Waals surface area contributed by atoms with E-state index in [1.54, 1.807) is 6.92 Å². The van der Waals surface area contributed by atoms with E-state index < -0.39 is 12.1 Å². The smallest absolute Gasteiger partial charge is 0.339 e. The van der Waals surface area contributed by atoms with Crippen LogP contribution in [0.4, 0.5) is 5.69 Å². The number of anilines is 1. The summed E-state index contributed by atoms with van der Waals surface area (Å²) in [6, 6.07) is 13.5. The van der Waals surface area contributed by atoms with E-state index in [0.717, 1.165) is 58.4 Å². The van der Waals surface area contributed by atoms with Crippen molar-refractivity contribution in [3.63, 3.8) is 0 Å². The number of pyridine rings is 1. The van der Waals surface area contributed by atoms with Gasteiger partial charge in [-0.2, -0.15) is 0 Å². The number of hydrogen-bond donors (Lipinski definition) is 1. The van der Waals surface area contributed by atoms with E-state index in [1.165, 1.54) is 0 Å². The van der Waals surface area contributed by atoms with Gasteiger partial charge in [0.1, 0.15) is 0 Å². The normalized spacial score (nSPS) is 14.6. The van der Waals surface area contributed by atoms with Gasteiger partial charge in [-0.15, -0.1) is 0 Å². The highest BCUT2D eigenvalue weighted by atomic mass is 16.5. The number of ether oxygens (including phenoxy) is 1. The van der Waals surface area contributed by atoms with E-state index in [0.29, 0.717) is 12.1 Å². The average molecular weight is 432 g/mol. The lowest BCUT2D eigenvalue weighted by Crippen LogP contribution is -2.33. The molecule has 0 saturated carbocycles. The third-order valence-corrected chi connectivity index (χ3v) is 6.08. The molecule has 6 heteroatoms. The molecule has 1 unspecified atom stereocenters. The molecule has 0 bridgehead atoms. The van der Waals surface area contributed by atoms with Gasteiger partial charge in [0.25, 0.3) is 5.91 Å². The number of likely N-dealkylation sites (N-methyl/N-ethyl adjacent to an activating group) is 1. The molecule has 0 radical (unpaired) electrons. The predicted octanol–water partition coefficient (Wildman–Crippen LogP) is 4.28. The molecule has 1 amide bonds. The fraction of sp³-hybridized carbons (Fsp3) is 0.346. The van der Waals surface area contributed by atoms with Crippen molar-refractivity contribution in [3.8, 4) is 0 Å². The first-order valence-corrected chi connectivity index (χ1v) is 11.1. The van der Waals surface area contributed by atoms with Crippen molar-refractivity contribution in [2.24, 2.45) is 0 Å². The van der Waals surface area contributed by atoms with Crippen molar-refractivity contribution < 1.29 is 14.3 Å². The Morgan fingerprint density at radius 3 is 2.75 bits per heavy atom. The average Bonchev–Trinajstić information content (AvgIpc) is 2.78. The Hall–Kier alpha value is -3.25. The zero-order valence-electron chi connectivity index (χ0n) is 19.1. The minimum atomic E-state index is -0.935. The van der Waals surface area contributed by atoms with Gasteiger partial charge < -0.3 is 15.0 Å². The molecular weight excluding hydrogens is 402 g/mol. The molecule has 1 aliphatic heterocycles. The first-order chi connectivity index (χ1) is 15.4. The molecule has 166 valence electrons. The molecule has 4 rings (SSSR count). The number of nitrogens with one attached hydrogen (secondary N) is 1. The minimum Gasteiger partial charge on any atom is -0.449 e. The second-order valence-electron chi connectivity index (χ2n) is 8.42. The highest BCUT2D eigenvalue weighted by Crippen LogP contribution is 2.29. The molecule has 0 saturated heterocycles. The van der Waals surface area contributed by atoms with Gasteiger partial charge in [0.2, 0.25) is 0 Å². The van der Waals surface area contributed by atoms with Crippen LogP contribution in [0.3, 0.4) is 0 Å². The summed E-state index contributed by atoms with van der Waals surface area (Å²) in [6.07, 6.45) is 0.643. The molecular formula is C26H29N3O3. The third-order valence-electron chi connectivity index (χ3n) is 6.08. The molecule has 1 N–H and O–H groups in total. The molecule has 1 aromatic heterocycles. The number of carbonyl (C=O) groups is 2. The second kappa shape index (κ2) is 9.09. The number of para-hydroxylation sites is 2. The molecule has 2 heterocycles. The number of hydrogen-bond acceptors (Lipinski definition) is 5. The summed E-state index contributed by atoms with van der Waals surface area (Å²) >= 11 is 0. The summed E-state index contributed by atoms with van der Waals surface area (Å²) in [5.41, 5.74) is 5.92. The van der Waals surface area contributed by atoms with Crippen LogP contribution in [0.5, 0.6) is 0 Å². The number of fused-ring (bicyclic) bond motifs is 2. The Morgan fingerprint density at radius 2 is 1.97 bits per heavy atom. The lowest BCUT2D eigenvalue weighted by molar-refractivity contribution is -0.123.